The van der Waals surface area contributed by atoms with E-state index in [4.69, 9.17) is 5.73 Å². The fourth-order valence-electron chi connectivity index (χ4n) is 2.12. The number of hydrogen-bond acceptors (Lipinski definition) is 5. The van der Waals surface area contributed by atoms with Crippen LogP contribution in [0.4, 0.5) is 17.5 Å². The summed E-state index contributed by atoms with van der Waals surface area (Å²) >= 11 is 5.17. The van der Waals surface area contributed by atoms with Crippen molar-refractivity contribution in [2.75, 3.05) is 11.1 Å². The van der Waals surface area contributed by atoms with Crippen LogP contribution < -0.4 is 11.1 Å². The molecule has 1 aromatic carbocycles. The van der Waals surface area contributed by atoms with E-state index in [0.29, 0.717) is 5.95 Å². The van der Waals surface area contributed by atoms with Crippen LogP contribution in [0.25, 0.3) is 10.2 Å². The molecule has 6 heteroatoms. The van der Waals surface area contributed by atoms with E-state index in [2.05, 4.69) is 57.2 Å². The van der Waals surface area contributed by atoms with Crippen LogP contribution in [0.2, 0.25) is 0 Å². The van der Waals surface area contributed by atoms with Crippen LogP contribution in [0, 0.1) is 6.92 Å². The average Bonchev–Trinajstić information content (AvgIpc) is 2.86. The molecule has 2 heterocycles. The highest BCUT2D eigenvalue weighted by molar-refractivity contribution is 9.10. The highest BCUT2D eigenvalue weighted by atomic mass is 79.9. The lowest BCUT2D eigenvalue weighted by Gasteiger charge is -2.09. The lowest BCUT2D eigenvalue weighted by molar-refractivity contribution is 1.19. The van der Waals surface area contributed by atoms with Crippen molar-refractivity contribution in [1.29, 1.82) is 0 Å². The molecule has 0 atom stereocenters. The maximum atomic E-state index is 5.82. The summed E-state index contributed by atoms with van der Waals surface area (Å²) in [7, 11) is 0. The van der Waals surface area contributed by atoms with Gasteiger partial charge < -0.3 is 11.1 Å². The molecule has 0 bridgehead atoms. The number of aryl methyl sites for hydroxylation is 2. The van der Waals surface area contributed by atoms with E-state index < -0.39 is 0 Å². The quantitative estimate of drug-likeness (QED) is 0.711. The molecule has 0 amide bonds. The van der Waals surface area contributed by atoms with Crippen LogP contribution in [0.3, 0.4) is 0 Å². The first-order valence-corrected chi connectivity index (χ1v) is 8.27. The SMILES string of the molecule is CCc1cc2c(Nc3ccc(Br)c(C)c3)nc(N)nc2s1. The van der Waals surface area contributed by atoms with E-state index in [1.54, 1.807) is 11.3 Å². The molecular weight excluding hydrogens is 348 g/mol. The van der Waals surface area contributed by atoms with Crippen LogP contribution in [-0.2, 0) is 6.42 Å². The van der Waals surface area contributed by atoms with Crippen molar-refractivity contribution in [3.8, 4) is 0 Å². The number of hydrogen-bond donors (Lipinski definition) is 2. The smallest absolute Gasteiger partial charge is 0.223 e. The second-order valence-electron chi connectivity index (χ2n) is 4.80. The molecule has 0 spiro atoms. The van der Waals surface area contributed by atoms with Gasteiger partial charge in [0.1, 0.15) is 10.6 Å². The number of nitrogens with zero attached hydrogens (tertiary/aromatic N) is 2. The molecule has 108 valence electrons. The number of nitrogens with two attached hydrogens (primary N) is 1. The van der Waals surface area contributed by atoms with E-state index in [1.807, 2.05) is 12.1 Å². The summed E-state index contributed by atoms with van der Waals surface area (Å²) in [5, 5.41) is 4.37. The number of aromatic nitrogens is 2. The van der Waals surface area contributed by atoms with Crippen molar-refractivity contribution >= 4 is 54.9 Å². The molecule has 0 unspecified atom stereocenters. The normalized spacial score (nSPS) is 11.0. The van der Waals surface area contributed by atoms with Gasteiger partial charge in [-0.3, -0.25) is 0 Å². The number of halogens is 1. The second-order valence-corrected chi connectivity index (χ2v) is 6.77. The van der Waals surface area contributed by atoms with E-state index in [0.717, 1.165) is 38.2 Å². The number of rotatable bonds is 3. The van der Waals surface area contributed by atoms with Crippen LogP contribution >= 0.6 is 27.3 Å². The summed E-state index contributed by atoms with van der Waals surface area (Å²) < 4.78 is 1.09. The minimum Gasteiger partial charge on any atom is -0.368 e. The monoisotopic (exact) mass is 362 g/mol. The Labute approximate surface area is 135 Å². The number of anilines is 3. The molecule has 0 aliphatic heterocycles. The molecule has 2 aromatic heterocycles. The van der Waals surface area contributed by atoms with Crippen LogP contribution in [-0.4, -0.2) is 9.97 Å². The lowest BCUT2D eigenvalue weighted by atomic mass is 10.2. The highest BCUT2D eigenvalue weighted by Crippen LogP contribution is 2.32. The minimum absolute atomic E-state index is 0.295. The van der Waals surface area contributed by atoms with Crippen molar-refractivity contribution in [1.82, 2.24) is 9.97 Å². The van der Waals surface area contributed by atoms with Crippen molar-refractivity contribution in [3.63, 3.8) is 0 Å². The Hall–Kier alpha value is -1.66. The third kappa shape index (κ3) is 2.87. The largest absolute Gasteiger partial charge is 0.368 e. The van der Waals surface area contributed by atoms with Gasteiger partial charge >= 0.3 is 0 Å². The van der Waals surface area contributed by atoms with Gasteiger partial charge in [-0.15, -0.1) is 11.3 Å². The van der Waals surface area contributed by atoms with Gasteiger partial charge in [-0.25, -0.2) is 4.98 Å². The summed E-state index contributed by atoms with van der Waals surface area (Å²) in [6, 6.07) is 8.23. The number of thiophene rings is 1. The average molecular weight is 363 g/mol. The Morgan fingerprint density at radius 1 is 1.29 bits per heavy atom. The van der Waals surface area contributed by atoms with Gasteiger partial charge in [0.2, 0.25) is 5.95 Å². The molecule has 0 saturated carbocycles. The summed E-state index contributed by atoms with van der Waals surface area (Å²) in [6.45, 7) is 4.19. The lowest BCUT2D eigenvalue weighted by Crippen LogP contribution is -2.00. The predicted octanol–water partition coefficient (Wildman–Crippen LogP) is 4.65. The van der Waals surface area contributed by atoms with Gasteiger partial charge in [-0.2, -0.15) is 4.98 Å². The Morgan fingerprint density at radius 3 is 2.81 bits per heavy atom. The van der Waals surface area contributed by atoms with Gasteiger partial charge in [-0.1, -0.05) is 22.9 Å². The van der Waals surface area contributed by atoms with Crippen LogP contribution in [0.15, 0.2) is 28.7 Å². The van der Waals surface area contributed by atoms with E-state index in [1.165, 1.54) is 4.88 Å². The topological polar surface area (TPSA) is 63.8 Å². The van der Waals surface area contributed by atoms with Gasteiger partial charge in [0.05, 0.1) is 5.39 Å². The van der Waals surface area contributed by atoms with Crippen molar-refractivity contribution in [2.45, 2.75) is 20.3 Å². The fraction of sp³-hybridized carbons (Fsp3) is 0.200. The zero-order chi connectivity index (χ0) is 15.0. The minimum atomic E-state index is 0.295. The van der Waals surface area contributed by atoms with Gasteiger partial charge in [0, 0.05) is 15.0 Å². The molecule has 3 N–H and O–H groups in total. The summed E-state index contributed by atoms with van der Waals surface area (Å²) in [4.78, 5) is 10.9. The first-order valence-electron chi connectivity index (χ1n) is 6.66. The zero-order valence-electron chi connectivity index (χ0n) is 11.8. The number of nitrogen functional groups attached to an aromatic ring is 1. The van der Waals surface area contributed by atoms with Crippen LogP contribution in [0.5, 0.6) is 0 Å². The maximum Gasteiger partial charge on any atom is 0.223 e. The molecule has 0 radical (unpaired) electrons. The highest BCUT2D eigenvalue weighted by Gasteiger charge is 2.10. The predicted molar refractivity (Wildman–Crippen MR) is 93.4 cm³/mol. The molecule has 0 fully saturated rings. The first-order chi connectivity index (χ1) is 10.1. The van der Waals surface area contributed by atoms with E-state index >= 15 is 0 Å². The van der Waals surface area contributed by atoms with Gasteiger partial charge in [0.25, 0.3) is 0 Å². The van der Waals surface area contributed by atoms with E-state index in [9.17, 15) is 0 Å². The van der Waals surface area contributed by atoms with Crippen molar-refractivity contribution in [3.05, 3.63) is 39.2 Å². The summed E-state index contributed by atoms with van der Waals surface area (Å²) in [6.07, 6.45) is 0.984. The Bertz CT molecular complexity index is 813. The van der Waals surface area contributed by atoms with Crippen LogP contribution in [0.1, 0.15) is 17.4 Å². The molecule has 3 aromatic rings. The third-order valence-electron chi connectivity index (χ3n) is 3.23. The Kier molecular flexibility index (Phi) is 3.82. The second kappa shape index (κ2) is 5.61. The maximum absolute atomic E-state index is 5.82. The molecule has 21 heavy (non-hydrogen) atoms. The zero-order valence-corrected chi connectivity index (χ0v) is 14.2. The molecule has 0 saturated heterocycles. The number of fused-ring (bicyclic) bond motifs is 1. The molecule has 0 aliphatic rings. The summed E-state index contributed by atoms with van der Waals surface area (Å²) in [5.74, 6) is 1.05. The Balaban J connectivity index is 2.06. The van der Waals surface area contributed by atoms with Gasteiger partial charge in [-0.05, 0) is 43.2 Å². The third-order valence-corrected chi connectivity index (χ3v) is 5.29. The van der Waals surface area contributed by atoms with Crippen molar-refractivity contribution < 1.29 is 0 Å². The molecule has 3 rings (SSSR count). The fourth-order valence-corrected chi connectivity index (χ4v) is 3.34. The standard InChI is InChI=1S/C15H15BrN4S/c1-3-10-7-11-13(19-15(17)20-14(11)21-10)18-9-4-5-12(16)8(2)6-9/h4-7H,3H2,1-2H3,(H3,17,18,19,20). The molecule has 4 nitrogen and oxygen atoms in total. The molecule has 0 aliphatic carbocycles. The van der Waals surface area contributed by atoms with E-state index in [-0.39, 0.29) is 0 Å². The summed E-state index contributed by atoms with van der Waals surface area (Å²) in [5.41, 5.74) is 7.97. The Morgan fingerprint density at radius 2 is 2.10 bits per heavy atom. The molecular formula is C15H15BrN4S. The first kappa shape index (κ1) is 14.3. The number of benzene rings is 1. The number of nitrogens with one attached hydrogen (secondary N) is 1. The van der Waals surface area contributed by atoms with Gasteiger partial charge in [0.15, 0.2) is 0 Å². The van der Waals surface area contributed by atoms with Crippen molar-refractivity contribution in [2.24, 2.45) is 0 Å².